The van der Waals surface area contributed by atoms with Gasteiger partial charge in [-0.15, -0.1) is 0 Å². The molecule has 0 aromatic carbocycles. The Bertz CT molecular complexity index is 314. The largest absolute Gasteiger partial charge is 0.428 e. The first-order valence-corrected chi connectivity index (χ1v) is 4.44. The van der Waals surface area contributed by atoms with Crippen molar-refractivity contribution in [2.45, 2.75) is 25.9 Å². The van der Waals surface area contributed by atoms with Gasteiger partial charge in [-0.05, 0) is 0 Å². The second kappa shape index (κ2) is 4.48. The van der Waals surface area contributed by atoms with Gasteiger partial charge in [-0.1, -0.05) is 13.8 Å². The summed E-state index contributed by atoms with van der Waals surface area (Å²) in [5, 5.41) is 8.28. The maximum absolute atomic E-state index is 12.6. The third-order valence-corrected chi connectivity index (χ3v) is 1.62. The number of aliphatic hydroxyl groups excluding tert-OH is 1. The van der Waals surface area contributed by atoms with E-state index < -0.39 is 12.7 Å². The zero-order valence-electron chi connectivity index (χ0n) is 8.44. The normalized spacial score (nSPS) is 11.9. The first-order valence-electron chi connectivity index (χ1n) is 4.44. The fourth-order valence-corrected chi connectivity index (χ4v) is 0.882. The van der Waals surface area contributed by atoms with E-state index >= 15 is 0 Å². The van der Waals surface area contributed by atoms with Gasteiger partial charge in [0.2, 0.25) is 0 Å². The molecular formula is C9H12F2N2O2. The number of alkyl halides is 2. The number of hydrogen-bond acceptors (Lipinski definition) is 4. The molecule has 0 saturated heterocycles. The van der Waals surface area contributed by atoms with Gasteiger partial charge in [0.1, 0.15) is 12.4 Å². The highest BCUT2D eigenvalue weighted by Gasteiger charge is 2.30. The highest BCUT2D eigenvalue weighted by atomic mass is 19.3. The lowest BCUT2D eigenvalue weighted by Crippen LogP contribution is -2.29. The number of rotatable bonds is 4. The molecule has 0 aliphatic heterocycles. The van der Waals surface area contributed by atoms with Gasteiger partial charge in [0.15, 0.2) is 5.75 Å². The Labute approximate surface area is 85.9 Å². The Balaban J connectivity index is 2.73. The summed E-state index contributed by atoms with van der Waals surface area (Å²) < 4.78 is 29.3. The number of aromatic nitrogens is 2. The first-order chi connectivity index (χ1) is 6.94. The average Bonchev–Trinajstić information content (AvgIpc) is 2.18. The topological polar surface area (TPSA) is 55.2 Å². The number of nitrogens with zero attached hydrogens (tertiary/aromatic N) is 2. The van der Waals surface area contributed by atoms with Gasteiger partial charge in [0.05, 0.1) is 12.4 Å². The van der Waals surface area contributed by atoms with Gasteiger partial charge in [-0.25, -0.2) is 9.97 Å². The molecule has 0 bridgehead atoms. The number of aliphatic hydroxyl groups is 1. The van der Waals surface area contributed by atoms with Gasteiger partial charge < -0.3 is 9.84 Å². The Morgan fingerprint density at radius 1 is 1.40 bits per heavy atom. The molecule has 84 valence electrons. The molecule has 0 radical (unpaired) electrons. The summed E-state index contributed by atoms with van der Waals surface area (Å²) in [6.07, 6.45) is -1.28. The van der Waals surface area contributed by atoms with Crippen molar-refractivity contribution in [3.05, 3.63) is 18.2 Å². The molecule has 6 heteroatoms. The minimum atomic E-state index is -3.59. The van der Waals surface area contributed by atoms with Crippen molar-refractivity contribution in [1.29, 1.82) is 0 Å². The van der Waals surface area contributed by atoms with E-state index in [1.807, 2.05) is 13.8 Å². The number of ether oxygens (including phenoxy) is 1. The highest BCUT2D eigenvalue weighted by molar-refractivity contribution is 5.13. The monoisotopic (exact) mass is 218 g/mol. The van der Waals surface area contributed by atoms with Crippen LogP contribution in [0.1, 0.15) is 25.6 Å². The van der Waals surface area contributed by atoms with Crippen LogP contribution in [0.5, 0.6) is 5.75 Å². The van der Waals surface area contributed by atoms with E-state index in [0.717, 1.165) is 12.4 Å². The molecule has 0 fully saturated rings. The maximum atomic E-state index is 12.6. The molecule has 0 spiro atoms. The van der Waals surface area contributed by atoms with E-state index in [1.165, 1.54) is 0 Å². The molecule has 1 heterocycles. The van der Waals surface area contributed by atoms with Crippen molar-refractivity contribution in [2.75, 3.05) is 6.61 Å². The molecule has 0 saturated carbocycles. The zero-order valence-corrected chi connectivity index (χ0v) is 8.44. The average molecular weight is 218 g/mol. The predicted octanol–water partition coefficient (Wildman–Crippen LogP) is 1.56. The zero-order chi connectivity index (χ0) is 11.5. The molecular weight excluding hydrogens is 206 g/mol. The molecule has 0 unspecified atom stereocenters. The third kappa shape index (κ3) is 3.39. The quantitative estimate of drug-likeness (QED) is 0.833. The van der Waals surface area contributed by atoms with Gasteiger partial charge in [-0.3, -0.25) is 0 Å². The van der Waals surface area contributed by atoms with Crippen molar-refractivity contribution in [3.63, 3.8) is 0 Å². The highest BCUT2D eigenvalue weighted by Crippen LogP contribution is 2.20. The Morgan fingerprint density at radius 3 is 2.33 bits per heavy atom. The Hall–Kier alpha value is -1.30. The molecule has 0 aliphatic carbocycles. The van der Waals surface area contributed by atoms with E-state index in [-0.39, 0.29) is 11.7 Å². The fourth-order valence-electron chi connectivity index (χ4n) is 0.882. The van der Waals surface area contributed by atoms with Crippen molar-refractivity contribution >= 4 is 0 Å². The first kappa shape index (κ1) is 11.8. The second-order valence-corrected chi connectivity index (χ2v) is 3.33. The summed E-state index contributed by atoms with van der Waals surface area (Å²) in [6.45, 7) is 2.40. The number of halogens is 2. The Kier molecular flexibility index (Phi) is 3.52. The minimum Gasteiger partial charge on any atom is -0.428 e. The van der Waals surface area contributed by atoms with Gasteiger partial charge >= 0.3 is 6.11 Å². The molecule has 0 aliphatic rings. The van der Waals surface area contributed by atoms with Crippen LogP contribution in [0.3, 0.4) is 0 Å². The molecule has 0 amide bonds. The smallest absolute Gasteiger partial charge is 0.421 e. The lowest BCUT2D eigenvalue weighted by molar-refractivity contribution is -0.201. The van der Waals surface area contributed by atoms with Crippen LogP contribution in [0.2, 0.25) is 0 Å². The summed E-state index contributed by atoms with van der Waals surface area (Å²) in [5.74, 6) is 0.505. The molecule has 0 atom stereocenters. The van der Waals surface area contributed by atoms with E-state index in [4.69, 9.17) is 5.11 Å². The molecule has 1 aromatic rings. The van der Waals surface area contributed by atoms with Crippen molar-refractivity contribution in [3.8, 4) is 5.75 Å². The maximum Gasteiger partial charge on any atom is 0.421 e. The van der Waals surface area contributed by atoms with E-state index in [2.05, 4.69) is 14.7 Å². The standard InChI is InChI=1S/C9H12F2N2O2/c1-6(2)8-12-3-7(4-13-8)15-9(10,11)5-14/h3-4,6,14H,5H2,1-2H3. The van der Waals surface area contributed by atoms with E-state index in [9.17, 15) is 8.78 Å². The summed E-state index contributed by atoms with van der Waals surface area (Å²) >= 11 is 0. The van der Waals surface area contributed by atoms with Gasteiger partial charge in [0, 0.05) is 5.92 Å². The molecule has 1 N–H and O–H groups in total. The van der Waals surface area contributed by atoms with Crippen LogP contribution in [0.15, 0.2) is 12.4 Å². The van der Waals surface area contributed by atoms with E-state index in [1.54, 1.807) is 0 Å². The van der Waals surface area contributed by atoms with Crippen LogP contribution < -0.4 is 4.74 Å². The van der Waals surface area contributed by atoms with Crippen LogP contribution in [-0.4, -0.2) is 27.8 Å². The molecule has 1 rings (SSSR count). The summed E-state index contributed by atoms with van der Waals surface area (Å²) in [4.78, 5) is 7.69. The second-order valence-electron chi connectivity index (χ2n) is 3.33. The lowest BCUT2D eigenvalue weighted by Gasteiger charge is -2.14. The molecule has 4 nitrogen and oxygen atoms in total. The van der Waals surface area contributed by atoms with Crippen LogP contribution in [0, 0.1) is 0 Å². The summed E-state index contributed by atoms with van der Waals surface area (Å²) in [7, 11) is 0. The van der Waals surface area contributed by atoms with Crippen LogP contribution in [-0.2, 0) is 0 Å². The Morgan fingerprint density at radius 2 is 1.93 bits per heavy atom. The molecule has 15 heavy (non-hydrogen) atoms. The SMILES string of the molecule is CC(C)c1ncc(OC(F)(F)CO)cn1. The van der Waals surface area contributed by atoms with Crippen molar-refractivity contribution in [1.82, 2.24) is 9.97 Å². The van der Waals surface area contributed by atoms with Gasteiger partial charge in [-0.2, -0.15) is 8.78 Å². The lowest BCUT2D eigenvalue weighted by atomic mass is 10.2. The summed E-state index contributed by atoms with van der Waals surface area (Å²) in [5.41, 5.74) is 0. The number of hydrogen-bond donors (Lipinski definition) is 1. The molecule has 1 aromatic heterocycles. The van der Waals surface area contributed by atoms with Crippen LogP contribution in [0.4, 0.5) is 8.78 Å². The van der Waals surface area contributed by atoms with Crippen LogP contribution >= 0.6 is 0 Å². The van der Waals surface area contributed by atoms with Gasteiger partial charge in [0.25, 0.3) is 0 Å². The van der Waals surface area contributed by atoms with E-state index in [0.29, 0.717) is 5.82 Å². The fraction of sp³-hybridized carbons (Fsp3) is 0.556. The third-order valence-electron chi connectivity index (χ3n) is 1.62. The summed E-state index contributed by atoms with van der Waals surface area (Å²) in [6, 6.07) is 0. The minimum absolute atomic E-state index is 0.123. The van der Waals surface area contributed by atoms with Crippen molar-refractivity contribution in [2.24, 2.45) is 0 Å². The predicted molar refractivity (Wildman–Crippen MR) is 48.8 cm³/mol. The van der Waals surface area contributed by atoms with Crippen molar-refractivity contribution < 1.29 is 18.6 Å². The van der Waals surface area contributed by atoms with Crippen LogP contribution in [0.25, 0.3) is 0 Å².